The Labute approximate surface area is 230 Å². The van der Waals surface area contributed by atoms with E-state index in [1.807, 2.05) is 0 Å². The zero-order chi connectivity index (χ0) is 28.4. The standard InChI is InChI=1S/C28H25N3O8S/c1-18(25(32)29-20-9-11-22(12-10-20)40(36,37)30-13-15-38-16-14-30)39-28(35)19-5-4-6-21(17-19)31-26(33)23-7-2-3-8-24(23)27(31)34/h2-12,17-18H,13-16H2,1H3,(H,29,32)/t18-/m1/s1. The van der Waals surface area contributed by atoms with Gasteiger partial charge >= 0.3 is 5.97 Å². The number of carbonyl (C=O) groups excluding carboxylic acids is 4. The molecule has 2 aliphatic rings. The maximum Gasteiger partial charge on any atom is 0.338 e. The molecule has 1 atom stereocenters. The smallest absolute Gasteiger partial charge is 0.338 e. The second kappa shape index (κ2) is 11.0. The van der Waals surface area contributed by atoms with Crippen LogP contribution in [0.25, 0.3) is 0 Å². The third-order valence-corrected chi connectivity index (χ3v) is 8.43. The number of nitrogens with one attached hydrogen (secondary N) is 1. The number of hydrogen-bond donors (Lipinski definition) is 1. The van der Waals surface area contributed by atoms with Gasteiger partial charge in [0.2, 0.25) is 10.0 Å². The summed E-state index contributed by atoms with van der Waals surface area (Å²) in [7, 11) is -3.68. The van der Waals surface area contributed by atoms with Crippen LogP contribution >= 0.6 is 0 Å². The first-order valence-electron chi connectivity index (χ1n) is 12.4. The molecule has 2 heterocycles. The fourth-order valence-corrected chi connectivity index (χ4v) is 5.78. The van der Waals surface area contributed by atoms with Crippen LogP contribution in [0.1, 0.15) is 38.0 Å². The van der Waals surface area contributed by atoms with E-state index in [-0.39, 0.29) is 40.4 Å². The number of carbonyl (C=O) groups is 4. The molecule has 1 fully saturated rings. The highest BCUT2D eigenvalue weighted by Crippen LogP contribution is 2.29. The van der Waals surface area contributed by atoms with Gasteiger partial charge in [-0.15, -0.1) is 0 Å². The molecule has 0 aromatic heterocycles. The van der Waals surface area contributed by atoms with Gasteiger partial charge in [-0.1, -0.05) is 18.2 Å². The van der Waals surface area contributed by atoms with E-state index >= 15 is 0 Å². The minimum absolute atomic E-state index is 0.0476. The van der Waals surface area contributed by atoms with E-state index in [0.717, 1.165) is 4.90 Å². The van der Waals surface area contributed by atoms with E-state index in [1.54, 1.807) is 24.3 Å². The second-order valence-electron chi connectivity index (χ2n) is 9.12. The first-order chi connectivity index (χ1) is 19.2. The van der Waals surface area contributed by atoms with Crippen molar-refractivity contribution in [1.29, 1.82) is 0 Å². The van der Waals surface area contributed by atoms with Crippen LogP contribution in [0.2, 0.25) is 0 Å². The van der Waals surface area contributed by atoms with Crippen LogP contribution in [0.5, 0.6) is 0 Å². The Morgan fingerprint density at radius 3 is 2.15 bits per heavy atom. The number of anilines is 2. The van der Waals surface area contributed by atoms with Crippen LogP contribution in [0.15, 0.2) is 77.7 Å². The first kappa shape index (κ1) is 27.2. The Morgan fingerprint density at radius 2 is 1.52 bits per heavy atom. The SMILES string of the molecule is C[C@@H](OC(=O)c1cccc(N2C(=O)c3ccccc3C2=O)c1)C(=O)Nc1ccc(S(=O)(=O)N2CCOCC2)cc1. The highest BCUT2D eigenvalue weighted by Gasteiger charge is 2.36. The normalized spacial score (nSPS) is 16.4. The second-order valence-corrected chi connectivity index (χ2v) is 11.1. The predicted octanol–water partition coefficient (Wildman–Crippen LogP) is 2.69. The number of imide groups is 1. The molecular weight excluding hydrogens is 538 g/mol. The van der Waals surface area contributed by atoms with E-state index < -0.39 is 39.8 Å². The molecule has 0 radical (unpaired) electrons. The molecule has 3 amide bonds. The van der Waals surface area contributed by atoms with Crippen molar-refractivity contribution in [2.24, 2.45) is 0 Å². The number of benzene rings is 3. The van der Waals surface area contributed by atoms with Gasteiger partial charge in [-0.05, 0) is 61.5 Å². The third kappa shape index (κ3) is 5.24. The lowest BCUT2D eigenvalue weighted by Crippen LogP contribution is -2.40. The molecule has 0 aliphatic carbocycles. The van der Waals surface area contributed by atoms with Crippen LogP contribution in [0, 0.1) is 0 Å². The lowest BCUT2D eigenvalue weighted by molar-refractivity contribution is -0.123. The van der Waals surface area contributed by atoms with Crippen LogP contribution in [-0.4, -0.2) is 68.8 Å². The summed E-state index contributed by atoms with van der Waals surface area (Å²) in [5.41, 5.74) is 1.12. The number of fused-ring (bicyclic) bond motifs is 1. The van der Waals surface area contributed by atoms with Gasteiger partial charge in [-0.2, -0.15) is 4.31 Å². The van der Waals surface area contributed by atoms with E-state index in [0.29, 0.717) is 18.9 Å². The Hall–Kier alpha value is -4.39. The number of morpholine rings is 1. The highest BCUT2D eigenvalue weighted by molar-refractivity contribution is 7.89. The number of rotatable bonds is 7. The van der Waals surface area contributed by atoms with Gasteiger partial charge < -0.3 is 14.8 Å². The van der Waals surface area contributed by atoms with Gasteiger partial charge in [0.25, 0.3) is 17.7 Å². The Morgan fingerprint density at radius 1 is 0.900 bits per heavy atom. The Kier molecular flexibility index (Phi) is 7.48. The summed E-state index contributed by atoms with van der Waals surface area (Å²) in [4.78, 5) is 52.1. The number of hydrogen-bond acceptors (Lipinski definition) is 8. The maximum atomic E-state index is 12.8. The van der Waals surface area contributed by atoms with Crippen molar-refractivity contribution in [1.82, 2.24) is 4.31 Å². The van der Waals surface area contributed by atoms with Crippen LogP contribution in [-0.2, 0) is 24.3 Å². The summed E-state index contributed by atoms with van der Waals surface area (Å²) < 4.78 is 37.4. The molecule has 0 bridgehead atoms. The van der Waals surface area contributed by atoms with Gasteiger partial charge in [0.15, 0.2) is 6.10 Å². The van der Waals surface area contributed by atoms with Gasteiger partial charge in [-0.25, -0.2) is 18.1 Å². The van der Waals surface area contributed by atoms with Crippen LogP contribution < -0.4 is 10.2 Å². The van der Waals surface area contributed by atoms with E-state index in [9.17, 15) is 27.6 Å². The number of esters is 1. The van der Waals surface area contributed by atoms with Gasteiger partial charge in [0, 0.05) is 18.8 Å². The van der Waals surface area contributed by atoms with Crippen LogP contribution in [0.3, 0.4) is 0 Å². The average Bonchev–Trinajstić information content (AvgIpc) is 3.23. The molecule has 0 saturated carbocycles. The fraction of sp³-hybridized carbons (Fsp3) is 0.214. The molecule has 5 rings (SSSR count). The zero-order valence-electron chi connectivity index (χ0n) is 21.4. The van der Waals surface area contributed by atoms with Crippen molar-refractivity contribution < 1.29 is 37.1 Å². The molecule has 1 saturated heterocycles. The minimum atomic E-state index is -3.68. The van der Waals surface area contributed by atoms with Gasteiger partial charge in [0.1, 0.15) is 0 Å². The third-order valence-electron chi connectivity index (χ3n) is 6.52. The molecule has 11 nitrogen and oxygen atoms in total. The molecular formula is C28H25N3O8S. The topological polar surface area (TPSA) is 139 Å². The summed E-state index contributed by atoms with van der Waals surface area (Å²) >= 11 is 0. The van der Waals surface area contributed by atoms with Crippen molar-refractivity contribution in [3.05, 3.63) is 89.5 Å². The van der Waals surface area contributed by atoms with Crippen molar-refractivity contribution in [3.63, 3.8) is 0 Å². The number of sulfonamides is 1. The molecule has 3 aromatic rings. The molecule has 1 N–H and O–H groups in total. The highest BCUT2D eigenvalue weighted by atomic mass is 32.2. The number of ether oxygens (including phenoxy) is 2. The van der Waals surface area contributed by atoms with Crippen molar-refractivity contribution in [2.75, 3.05) is 36.5 Å². The molecule has 12 heteroatoms. The zero-order valence-corrected chi connectivity index (χ0v) is 22.2. The predicted molar refractivity (Wildman–Crippen MR) is 144 cm³/mol. The van der Waals surface area contributed by atoms with E-state index in [2.05, 4.69) is 5.32 Å². The lowest BCUT2D eigenvalue weighted by atomic mass is 10.1. The summed E-state index contributed by atoms with van der Waals surface area (Å²) in [5, 5.41) is 2.59. The van der Waals surface area contributed by atoms with Crippen LogP contribution in [0.4, 0.5) is 11.4 Å². The quantitative estimate of drug-likeness (QED) is 0.342. The first-order valence-corrected chi connectivity index (χ1v) is 13.9. The number of amides is 3. The van der Waals surface area contributed by atoms with E-state index in [4.69, 9.17) is 9.47 Å². The summed E-state index contributed by atoms with van der Waals surface area (Å²) in [5.74, 6) is -2.45. The molecule has 206 valence electrons. The monoisotopic (exact) mass is 563 g/mol. The molecule has 2 aliphatic heterocycles. The van der Waals surface area contributed by atoms with Gasteiger partial charge in [0.05, 0.1) is 40.5 Å². The Balaban J connectivity index is 1.22. The van der Waals surface area contributed by atoms with Crippen molar-refractivity contribution in [3.8, 4) is 0 Å². The largest absolute Gasteiger partial charge is 0.449 e. The average molecular weight is 564 g/mol. The Bertz CT molecular complexity index is 1560. The summed E-state index contributed by atoms with van der Waals surface area (Å²) in [6, 6.07) is 18.0. The molecule has 40 heavy (non-hydrogen) atoms. The summed E-state index contributed by atoms with van der Waals surface area (Å²) in [6.45, 7) is 2.59. The molecule has 0 spiro atoms. The van der Waals surface area contributed by atoms with Gasteiger partial charge in [-0.3, -0.25) is 14.4 Å². The van der Waals surface area contributed by atoms with Crippen molar-refractivity contribution >= 4 is 45.1 Å². The lowest BCUT2D eigenvalue weighted by Gasteiger charge is -2.26. The van der Waals surface area contributed by atoms with E-state index in [1.165, 1.54) is 59.8 Å². The number of nitrogens with zero attached hydrogens (tertiary/aromatic N) is 2. The maximum absolute atomic E-state index is 12.8. The fourth-order valence-electron chi connectivity index (χ4n) is 4.37. The molecule has 0 unspecified atom stereocenters. The van der Waals surface area contributed by atoms with Crippen molar-refractivity contribution in [2.45, 2.75) is 17.9 Å². The minimum Gasteiger partial charge on any atom is -0.449 e. The summed E-state index contributed by atoms with van der Waals surface area (Å²) in [6.07, 6.45) is -1.20. The molecule has 3 aromatic carbocycles.